The number of aromatic nitrogens is 2. The molecular weight excluding hydrogens is 302 g/mol. The Balaban J connectivity index is 1.48. The third kappa shape index (κ3) is 4.09. The first kappa shape index (κ1) is 17.3. The number of nitrogens with one attached hydrogen (secondary N) is 1. The van der Waals surface area contributed by atoms with Crippen LogP contribution in [0.2, 0.25) is 0 Å². The molecule has 1 aromatic heterocycles. The van der Waals surface area contributed by atoms with E-state index in [1.807, 2.05) is 6.92 Å². The molecule has 3 rings (SSSR count). The van der Waals surface area contributed by atoms with Crippen LogP contribution in [0.15, 0.2) is 6.07 Å². The average Bonchev–Trinajstić information content (AvgIpc) is 3.04. The normalized spacial score (nSPS) is 20.3. The van der Waals surface area contributed by atoms with E-state index >= 15 is 0 Å². The number of hydrogen-bond acceptors (Lipinski definition) is 4. The van der Waals surface area contributed by atoms with Crippen LogP contribution in [0.1, 0.15) is 44.7 Å². The van der Waals surface area contributed by atoms with E-state index in [0.717, 1.165) is 44.2 Å². The molecule has 0 spiro atoms. The number of hydrogen-bond donors (Lipinski definition) is 1. The van der Waals surface area contributed by atoms with Crippen molar-refractivity contribution in [1.29, 1.82) is 0 Å². The number of aromatic amines is 1. The lowest BCUT2D eigenvalue weighted by Crippen LogP contribution is -2.52. The molecule has 1 N–H and O–H groups in total. The Hall–Kier alpha value is -1.56. The van der Waals surface area contributed by atoms with E-state index in [1.165, 1.54) is 32.1 Å². The minimum absolute atomic E-state index is 0.313. The van der Waals surface area contributed by atoms with Gasteiger partial charge in [-0.05, 0) is 26.7 Å². The van der Waals surface area contributed by atoms with Crippen LogP contribution in [-0.4, -0.2) is 71.2 Å². The van der Waals surface area contributed by atoms with E-state index in [0.29, 0.717) is 18.5 Å². The fraction of sp³-hybridized carbons (Fsp3) is 0.778. The van der Waals surface area contributed by atoms with Crippen LogP contribution in [0.5, 0.6) is 0 Å². The van der Waals surface area contributed by atoms with Crippen LogP contribution in [0.3, 0.4) is 0 Å². The van der Waals surface area contributed by atoms with Gasteiger partial charge in [0.25, 0.3) is 0 Å². The molecule has 0 bridgehead atoms. The van der Waals surface area contributed by atoms with E-state index in [4.69, 9.17) is 0 Å². The van der Waals surface area contributed by atoms with Crippen LogP contribution in [0, 0.1) is 6.92 Å². The topological polar surface area (TPSA) is 55.5 Å². The Morgan fingerprint density at radius 1 is 1.25 bits per heavy atom. The predicted octanol–water partition coefficient (Wildman–Crippen LogP) is 2.02. The Labute approximate surface area is 145 Å². The molecule has 0 aromatic carbocycles. The third-order valence-corrected chi connectivity index (χ3v) is 5.42. The summed E-state index contributed by atoms with van der Waals surface area (Å²) in [5.74, 6) is 1.34. The van der Waals surface area contributed by atoms with Gasteiger partial charge in [0, 0.05) is 50.5 Å². The number of anilines is 1. The second-order valence-corrected chi connectivity index (χ2v) is 7.14. The zero-order valence-corrected chi connectivity index (χ0v) is 15.1. The first-order chi connectivity index (χ1) is 11.7. The van der Waals surface area contributed by atoms with Gasteiger partial charge in [0.1, 0.15) is 0 Å². The van der Waals surface area contributed by atoms with Gasteiger partial charge in [0.15, 0.2) is 5.82 Å². The molecule has 0 unspecified atom stereocenters. The summed E-state index contributed by atoms with van der Waals surface area (Å²) >= 11 is 0. The lowest BCUT2D eigenvalue weighted by molar-refractivity contribution is -0.135. The molecule has 1 aliphatic carbocycles. The maximum Gasteiger partial charge on any atom is 0.236 e. The second-order valence-electron chi connectivity index (χ2n) is 7.14. The Kier molecular flexibility index (Phi) is 5.76. The van der Waals surface area contributed by atoms with E-state index in [1.54, 1.807) is 0 Å². The van der Waals surface area contributed by atoms with Crippen molar-refractivity contribution < 1.29 is 4.79 Å². The zero-order chi connectivity index (χ0) is 16.9. The number of rotatable bonds is 5. The zero-order valence-electron chi connectivity index (χ0n) is 15.1. The van der Waals surface area contributed by atoms with Crippen molar-refractivity contribution in [2.75, 3.05) is 44.2 Å². The standard InChI is InChI=1S/C18H31N5O/c1-3-23(16-7-5-4-6-8-16)18(24)14-21-9-11-22(12-10-21)17-13-15(2)19-20-17/h13,16H,3-12,14H2,1-2H3,(H,19,20). The summed E-state index contributed by atoms with van der Waals surface area (Å²) in [4.78, 5) is 19.5. The molecule has 2 heterocycles. The second kappa shape index (κ2) is 8.01. The maximum absolute atomic E-state index is 12.7. The summed E-state index contributed by atoms with van der Waals surface area (Å²) in [6.07, 6.45) is 6.25. The monoisotopic (exact) mass is 333 g/mol. The summed E-state index contributed by atoms with van der Waals surface area (Å²) in [6, 6.07) is 2.56. The van der Waals surface area contributed by atoms with Crippen molar-refractivity contribution in [1.82, 2.24) is 20.0 Å². The highest BCUT2D eigenvalue weighted by molar-refractivity contribution is 5.78. The quantitative estimate of drug-likeness (QED) is 0.896. The van der Waals surface area contributed by atoms with Gasteiger partial charge < -0.3 is 9.80 Å². The minimum Gasteiger partial charge on any atom is -0.353 e. The number of carbonyl (C=O) groups is 1. The van der Waals surface area contributed by atoms with Gasteiger partial charge in [-0.1, -0.05) is 19.3 Å². The number of amides is 1. The van der Waals surface area contributed by atoms with Crippen molar-refractivity contribution in [3.63, 3.8) is 0 Å². The van der Waals surface area contributed by atoms with Crippen LogP contribution in [0.25, 0.3) is 0 Å². The Morgan fingerprint density at radius 3 is 2.54 bits per heavy atom. The highest BCUT2D eigenvalue weighted by atomic mass is 16.2. The van der Waals surface area contributed by atoms with E-state index in [-0.39, 0.29) is 0 Å². The van der Waals surface area contributed by atoms with Gasteiger partial charge in [0.05, 0.1) is 6.54 Å². The first-order valence-corrected chi connectivity index (χ1v) is 9.46. The van der Waals surface area contributed by atoms with Crippen molar-refractivity contribution in [2.45, 2.75) is 52.0 Å². The van der Waals surface area contributed by atoms with Gasteiger partial charge in [-0.15, -0.1) is 0 Å². The molecule has 1 aromatic rings. The molecule has 6 nitrogen and oxygen atoms in total. The highest BCUT2D eigenvalue weighted by Gasteiger charge is 2.27. The molecule has 2 fully saturated rings. The van der Waals surface area contributed by atoms with E-state index in [2.05, 4.69) is 37.9 Å². The van der Waals surface area contributed by atoms with Crippen molar-refractivity contribution in [3.8, 4) is 0 Å². The van der Waals surface area contributed by atoms with Crippen LogP contribution < -0.4 is 4.90 Å². The van der Waals surface area contributed by atoms with E-state index < -0.39 is 0 Å². The Morgan fingerprint density at radius 2 is 1.96 bits per heavy atom. The molecule has 24 heavy (non-hydrogen) atoms. The molecule has 0 radical (unpaired) electrons. The summed E-state index contributed by atoms with van der Waals surface area (Å²) < 4.78 is 0. The van der Waals surface area contributed by atoms with Crippen molar-refractivity contribution in [2.24, 2.45) is 0 Å². The van der Waals surface area contributed by atoms with Crippen molar-refractivity contribution >= 4 is 11.7 Å². The molecule has 1 saturated carbocycles. The van der Waals surface area contributed by atoms with Crippen molar-refractivity contribution in [3.05, 3.63) is 11.8 Å². The molecule has 1 amide bonds. The number of likely N-dealkylation sites (N-methyl/N-ethyl adjacent to an activating group) is 1. The molecule has 1 aliphatic heterocycles. The largest absolute Gasteiger partial charge is 0.353 e. The maximum atomic E-state index is 12.7. The fourth-order valence-electron chi connectivity index (χ4n) is 4.01. The Bertz CT molecular complexity index is 529. The van der Waals surface area contributed by atoms with Gasteiger partial charge >= 0.3 is 0 Å². The van der Waals surface area contributed by atoms with Crippen LogP contribution >= 0.6 is 0 Å². The smallest absolute Gasteiger partial charge is 0.236 e. The highest BCUT2D eigenvalue weighted by Crippen LogP contribution is 2.23. The predicted molar refractivity (Wildman–Crippen MR) is 96.2 cm³/mol. The third-order valence-electron chi connectivity index (χ3n) is 5.42. The fourth-order valence-corrected chi connectivity index (χ4v) is 4.01. The lowest BCUT2D eigenvalue weighted by atomic mass is 9.94. The van der Waals surface area contributed by atoms with E-state index in [9.17, 15) is 4.79 Å². The molecular formula is C18H31N5O. The number of H-pyrrole nitrogens is 1. The number of nitrogens with zero attached hydrogens (tertiary/aromatic N) is 4. The van der Waals surface area contributed by atoms with Crippen LogP contribution in [-0.2, 0) is 4.79 Å². The number of carbonyl (C=O) groups excluding carboxylic acids is 1. The summed E-state index contributed by atoms with van der Waals surface area (Å²) in [7, 11) is 0. The SMILES string of the molecule is CCN(C(=O)CN1CCN(c2cc(C)[nH]n2)CC1)C1CCCCC1. The lowest BCUT2D eigenvalue weighted by Gasteiger charge is -2.38. The molecule has 134 valence electrons. The van der Waals surface area contributed by atoms with Gasteiger partial charge in [-0.3, -0.25) is 14.8 Å². The first-order valence-electron chi connectivity index (χ1n) is 9.46. The van der Waals surface area contributed by atoms with Gasteiger partial charge in [0.2, 0.25) is 5.91 Å². The van der Waals surface area contributed by atoms with Gasteiger partial charge in [-0.25, -0.2) is 0 Å². The van der Waals surface area contributed by atoms with Gasteiger partial charge in [-0.2, -0.15) is 5.10 Å². The molecule has 1 saturated heterocycles. The summed E-state index contributed by atoms with van der Waals surface area (Å²) in [5, 5.41) is 7.34. The molecule has 2 aliphatic rings. The number of piperazine rings is 1. The summed E-state index contributed by atoms with van der Waals surface area (Å²) in [6.45, 7) is 9.29. The summed E-state index contributed by atoms with van der Waals surface area (Å²) in [5.41, 5.74) is 1.09. The molecule has 0 atom stereocenters. The average molecular weight is 333 g/mol. The minimum atomic E-state index is 0.313. The van der Waals surface area contributed by atoms with Crippen LogP contribution in [0.4, 0.5) is 5.82 Å². The number of aryl methyl sites for hydroxylation is 1. The molecule has 6 heteroatoms.